The van der Waals surface area contributed by atoms with Crippen molar-refractivity contribution in [3.8, 4) is 0 Å². The Morgan fingerprint density at radius 1 is 1.57 bits per heavy atom. The Bertz CT molecular complexity index is 536. The average molecular weight is 359 g/mol. The summed E-state index contributed by atoms with van der Waals surface area (Å²) in [6.07, 6.45) is -0.203. The van der Waals surface area contributed by atoms with Gasteiger partial charge in [0.2, 0.25) is 0 Å². The highest BCUT2D eigenvalue weighted by Gasteiger charge is 2.33. The van der Waals surface area contributed by atoms with Crippen molar-refractivity contribution in [3.05, 3.63) is 38.3 Å². The molecule has 1 saturated heterocycles. The number of morpholine rings is 1. The molecular formula is C14H19BrN2O4. The fraction of sp³-hybridized carbons (Fsp3) is 0.571. The van der Waals surface area contributed by atoms with Crippen LogP contribution in [0.5, 0.6) is 0 Å². The summed E-state index contributed by atoms with van der Waals surface area (Å²) >= 11 is 3.39. The normalized spacial score (nSPS) is 22.2. The molecule has 1 atom stereocenters. The third-order valence-corrected chi connectivity index (χ3v) is 4.14. The molecule has 1 aliphatic rings. The standard InChI is InChI=1S/C14H19BrN2O4/c1-14(2)9-16(7-12(8-18)21-14)6-10-3-4-11(17(19)20)5-13(10)15/h3-5,12,18H,6-9H2,1-2H3. The minimum absolute atomic E-state index is 0.0125. The van der Waals surface area contributed by atoms with Crippen molar-refractivity contribution in [2.24, 2.45) is 0 Å². The SMILES string of the molecule is CC1(C)CN(Cc2ccc([N+](=O)[O-])cc2Br)CC(CO)O1. The van der Waals surface area contributed by atoms with Gasteiger partial charge < -0.3 is 9.84 Å². The number of aliphatic hydroxyl groups is 1. The number of benzene rings is 1. The lowest BCUT2D eigenvalue weighted by molar-refractivity contribution is -0.384. The number of ether oxygens (including phenoxy) is 1. The fourth-order valence-electron chi connectivity index (χ4n) is 2.65. The quantitative estimate of drug-likeness (QED) is 0.660. The van der Waals surface area contributed by atoms with Crippen LogP contribution in [0.2, 0.25) is 0 Å². The summed E-state index contributed by atoms with van der Waals surface area (Å²) in [6.45, 7) is 6.01. The summed E-state index contributed by atoms with van der Waals surface area (Å²) in [5.74, 6) is 0. The molecule has 0 aromatic heterocycles. The van der Waals surface area contributed by atoms with Crippen LogP contribution in [0.15, 0.2) is 22.7 Å². The second-order valence-electron chi connectivity index (χ2n) is 5.88. The Kier molecular flexibility index (Phi) is 4.98. The van der Waals surface area contributed by atoms with Crippen molar-refractivity contribution in [3.63, 3.8) is 0 Å². The first-order chi connectivity index (χ1) is 9.80. The van der Waals surface area contributed by atoms with E-state index in [4.69, 9.17) is 4.74 Å². The Morgan fingerprint density at radius 2 is 2.29 bits per heavy atom. The van der Waals surface area contributed by atoms with Crippen molar-refractivity contribution in [2.45, 2.75) is 32.1 Å². The predicted molar refractivity (Wildman–Crippen MR) is 82.1 cm³/mol. The highest BCUT2D eigenvalue weighted by Crippen LogP contribution is 2.27. The maximum Gasteiger partial charge on any atom is 0.270 e. The van der Waals surface area contributed by atoms with E-state index in [1.165, 1.54) is 12.1 Å². The van der Waals surface area contributed by atoms with Crippen molar-refractivity contribution in [2.75, 3.05) is 19.7 Å². The lowest BCUT2D eigenvalue weighted by atomic mass is 10.0. The molecule has 0 saturated carbocycles. The summed E-state index contributed by atoms with van der Waals surface area (Å²) in [5, 5.41) is 20.1. The highest BCUT2D eigenvalue weighted by atomic mass is 79.9. The number of nitro benzene ring substituents is 1. The maximum absolute atomic E-state index is 10.8. The molecule has 0 aliphatic carbocycles. The van der Waals surface area contributed by atoms with Crippen LogP contribution in [-0.2, 0) is 11.3 Å². The van der Waals surface area contributed by atoms with Crippen molar-refractivity contribution >= 4 is 21.6 Å². The van der Waals surface area contributed by atoms with E-state index in [1.807, 2.05) is 13.8 Å². The number of rotatable bonds is 4. The summed E-state index contributed by atoms with van der Waals surface area (Å²) in [7, 11) is 0. The number of nitrogens with zero attached hydrogens (tertiary/aromatic N) is 2. The Labute approximate surface area is 132 Å². The Balaban J connectivity index is 2.12. The van der Waals surface area contributed by atoms with Crippen LogP contribution >= 0.6 is 15.9 Å². The fourth-order valence-corrected chi connectivity index (χ4v) is 3.14. The van der Waals surface area contributed by atoms with E-state index in [2.05, 4.69) is 20.8 Å². The van der Waals surface area contributed by atoms with Crippen LogP contribution < -0.4 is 0 Å². The van der Waals surface area contributed by atoms with Gasteiger partial charge in [-0.3, -0.25) is 15.0 Å². The minimum atomic E-state index is -0.409. The van der Waals surface area contributed by atoms with E-state index in [9.17, 15) is 15.2 Å². The van der Waals surface area contributed by atoms with Crippen molar-refractivity contribution < 1.29 is 14.8 Å². The van der Waals surface area contributed by atoms with Gasteiger partial charge in [-0.15, -0.1) is 0 Å². The van der Waals surface area contributed by atoms with Gasteiger partial charge in [0.25, 0.3) is 5.69 Å². The highest BCUT2D eigenvalue weighted by molar-refractivity contribution is 9.10. The third-order valence-electron chi connectivity index (χ3n) is 3.40. The predicted octanol–water partition coefficient (Wildman–Crippen LogP) is 2.33. The molecule has 21 heavy (non-hydrogen) atoms. The number of nitro groups is 1. The topological polar surface area (TPSA) is 75.8 Å². The molecular weight excluding hydrogens is 340 g/mol. The van der Waals surface area contributed by atoms with E-state index >= 15 is 0 Å². The Hall–Kier alpha value is -1.02. The smallest absolute Gasteiger partial charge is 0.270 e. The molecule has 1 unspecified atom stereocenters. The van der Waals surface area contributed by atoms with Crippen LogP contribution in [-0.4, -0.2) is 46.3 Å². The second kappa shape index (κ2) is 6.39. The number of hydrogen-bond acceptors (Lipinski definition) is 5. The monoisotopic (exact) mass is 358 g/mol. The van der Waals surface area contributed by atoms with Gasteiger partial charge in [-0.05, 0) is 25.5 Å². The van der Waals surface area contributed by atoms with Gasteiger partial charge in [0.1, 0.15) is 0 Å². The summed E-state index contributed by atoms with van der Waals surface area (Å²) in [5.41, 5.74) is 0.731. The number of aliphatic hydroxyl groups excluding tert-OH is 1. The van der Waals surface area contributed by atoms with Crippen LogP contribution in [0.3, 0.4) is 0 Å². The van der Waals surface area contributed by atoms with E-state index in [-0.39, 0.29) is 24.0 Å². The number of halogens is 1. The molecule has 1 heterocycles. The van der Waals surface area contributed by atoms with Gasteiger partial charge in [0.15, 0.2) is 0 Å². The molecule has 1 aromatic rings. The number of non-ortho nitro benzene ring substituents is 1. The summed E-state index contributed by atoms with van der Waals surface area (Å²) in [4.78, 5) is 12.5. The largest absolute Gasteiger partial charge is 0.394 e. The second-order valence-corrected chi connectivity index (χ2v) is 6.74. The van der Waals surface area contributed by atoms with Crippen molar-refractivity contribution in [1.82, 2.24) is 4.90 Å². The van der Waals surface area contributed by atoms with Gasteiger partial charge in [0.05, 0.1) is 23.2 Å². The van der Waals surface area contributed by atoms with Crippen LogP contribution in [0, 0.1) is 10.1 Å². The first-order valence-electron chi connectivity index (χ1n) is 6.74. The van der Waals surface area contributed by atoms with Crippen LogP contribution in [0.1, 0.15) is 19.4 Å². The summed E-state index contributed by atoms with van der Waals surface area (Å²) in [6, 6.07) is 4.79. The first kappa shape index (κ1) is 16.4. The van der Waals surface area contributed by atoms with Crippen LogP contribution in [0.4, 0.5) is 5.69 Å². The molecule has 6 nitrogen and oxygen atoms in total. The lowest BCUT2D eigenvalue weighted by Crippen LogP contribution is -2.53. The van der Waals surface area contributed by atoms with E-state index < -0.39 is 4.92 Å². The zero-order chi connectivity index (χ0) is 15.6. The first-order valence-corrected chi connectivity index (χ1v) is 7.54. The molecule has 0 spiro atoms. The van der Waals surface area contributed by atoms with Gasteiger partial charge in [-0.2, -0.15) is 0 Å². The van der Waals surface area contributed by atoms with Gasteiger partial charge in [-0.1, -0.05) is 15.9 Å². The van der Waals surface area contributed by atoms with Gasteiger partial charge in [0, 0.05) is 36.2 Å². The molecule has 0 radical (unpaired) electrons. The van der Waals surface area contributed by atoms with Gasteiger partial charge in [-0.25, -0.2) is 0 Å². The van der Waals surface area contributed by atoms with Gasteiger partial charge >= 0.3 is 0 Å². The van der Waals surface area contributed by atoms with E-state index in [1.54, 1.807) is 6.07 Å². The maximum atomic E-state index is 10.8. The van der Waals surface area contributed by atoms with E-state index in [0.717, 1.165) is 16.6 Å². The molecule has 1 fully saturated rings. The average Bonchev–Trinajstić information content (AvgIpc) is 2.39. The zero-order valence-corrected chi connectivity index (χ0v) is 13.7. The zero-order valence-electron chi connectivity index (χ0n) is 12.1. The number of hydrogen-bond donors (Lipinski definition) is 1. The van der Waals surface area contributed by atoms with Crippen molar-refractivity contribution in [1.29, 1.82) is 0 Å². The molecule has 0 bridgehead atoms. The Morgan fingerprint density at radius 3 is 2.86 bits per heavy atom. The minimum Gasteiger partial charge on any atom is -0.394 e. The molecule has 116 valence electrons. The molecule has 1 aromatic carbocycles. The van der Waals surface area contributed by atoms with E-state index in [0.29, 0.717) is 13.1 Å². The molecule has 7 heteroatoms. The molecule has 2 rings (SSSR count). The summed E-state index contributed by atoms with van der Waals surface area (Å²) < 4.78 is 6.50. The molecule has 1 aliphatic heterocycles. The third kappa shape index (κ3) is 4.23. The molecule has 0 amide bonds. The molecule has 1 N–H and O–H groups in total. The van der Waals surface area contributed by atoms with Crippen LogP contribution in [0.25, 0.3) is 0 Å². The lowest BCUT2D eigenvalue weighted by Gasteiger charge is -2.42.